The molecule has 2 heteroatoms. The molecule has 0 spiro atoms. The molecule has 0 aromatic heterocycles. The summed E-state index contributed by atoms with van der Waals surface area (Å²) in [6.45, 7) is 3.44. The normalized spacial score (nSPS) is 35.2. The fourth-order valence-corrected chi connectivity index (χ4v) is 2.23. The number of hydrogen-bond acceptors (Lipinski definition) is 2. The van der Waals surface area contributed by atoms with Gasteiger partial charge in [0, 0.05) is 25.9 Å². The van der Waals surface area contributed by atoms with Gasteiger partial charge in [-0.2, -0.15) is 0 Å². The molecule has 2 nitrogen and oxygen atoms in total. The fraction of sp³-hybridized carbons (Fsp3) is 0.800. The Bertz CT molecular complexity index is 167. The van der Waals surface area contributed by atoms with Crippen LogP contribution in [-0.2, 0) is 4.79 Å². The van der Waals surface area contributed by atoms with E-state index in [-0.39, 0.29) is 7.43 Å². The van der Waals surface area contributed by atoms with Crippen molar-refractivity contribution >= 4 is 5.78 Å². The maximum absolute atomic E-state index is 11.2. The van der Waals surface area contributed by atoms with Crippen LogP contribution in [0, 0.1) is 13.3 Å². The highest BCUT2D eigenvalue weighted by Gasteiger charge is 2.25. The maximum Gasteiger partial charge on any atom is 0.134 e. The Labute approximate surface area is 74.9 Å². The lowest BCUT2D eigenvalue weighted by Gasteiger charge is -2.28. The van der Waals surface area contributed by atoms with Gasteiger partial charge in [-0.15, -0.1) is 0 Å². The van der Waals surface area contributed by atoms with Crippen molar-refractivity contribution in [2.75, 3.05) is 19.6 Å². The molecular formula is C10H17NO. The van der Waals surface area contributed by atoms with E-state index in [0.29, 0.717) is 11.7 Å². The van der Waals surface area contributed by atoms with Crippen LogP contribution >= 0.6 is 0 Å². The second-order valence-electron chi connectivity index (χ2n) is 3.80. The summed E-state index contributed by atoms with van der Waals surface area (Å²) in [4.78, 5) is 13.6. The van der Waals surface area contributed by atoms with Crippen molar-refractivity contribution in [1.29, 1.82) is 0 Å². The highest BCUT2D eigenvalue weighted by molar-refractivity contribution is 5.79. The molecule has 0 aromatic rings. The van der Waals surface area contributed by atoms with Gasteiger partial charge in [0.1, 0.15) is 5.78 Å². The standard InChI is InChI=1S/C9H15NO.CH2/c11-9-3-5-10-4-1-2-8(6-9)7-10;/h8H,1-7H2;1H2. The van der Waals surface area contributed by atoms with E-state index in [2.05, 4.69) is 4.90 Å². The van der Waals surface area contributed by atoms with Crippen LogP contribution in [0.5, 0.6) is 0 Å². The molecule has 0 aromatic carbocycles. The van der Waals surface area contributed by atoms with Crippen LogP contribution in [0.2, 0.25) is 0 Å². The van der Waals surface area contributed by atoms with E-state index in [1.807, 2.05) is 0 Å². The molecule has 2 fully saturated rings. The van der Waals surface area contributed by atoms with Crippen molar-refractivity contribution in [1.82, 2.24) is 4.90 Å². The number of ketones is 1. The number of nitrogens with zero attached hydrogens (tertiary/aromatic N) is 1. The largest absolute Gasteiger partial charge is 0.303 e. The second-order valence-corrected chi connectivity index (χ2v) is 3.80. The van der Waals surface area contributed by atoms with E-state index in [1.54, 1.807) is 0 Å². The molecule has 2 heterocycles. The Balaban J connectivity index is 0.000000720. The Hall–Kier alpha value is -0.370. The summed E-state index contributed by atoms with van der Waals surface area (Å²) in [5.41, 5.74) is 0. The average molecular weight is 167 g/mol. The van der Waals surface area contributed by atoms with Gasteiger partial charge in [-0.1, -0.05) is 7.43 Å². The zero-order chi connectivity index (χ0) is 7.68. The van der Waals surface area contributed by atoms with E-state index < -0.39 is 0 Å². The van der Waals surface area contributed by atoms with Crippen LogP contribution in [0.3, 0.4) is 0 Å². The minimum Gasteiger partial charge on any atom is -0.303 e. The molecular weight excluding hydrogens is 150 g/mol. The maximum atomic E-state index is 11.2. The lowest BCUT2D eigenvalue weighted by atomic mass is 9.95. The molecule has 2 aliphatic heterocycles. The minimum absolute atomic E-state index is 0. The molecule has 0 aliphatic carbocycles. The number of hydrogen-bond donors (Lipinski definition) is 0. The smallest absolute Gasteiger partial charge is 0.134 e. The summed E-state index contributed by atoms with van der Waals surface area (Å²) in [6.07, 6.45) is 4.24. The molecule has 2 saturated heterocycles. The van der Waals surface area contributed by atoms with Crippen LogP contribution in [-0.4, -0.2) is 30.3 Å². The predicted octanol–water partition coefficient (Wildman–Crippen LogP) is 1.39. The quantitative estimate of drug-likeness (QED) is 0.543. The first-order valence-corrected chi connectivity index (χ1v) is 4.58. The van der Waals surface area contributed by atoms with Gasteiger partial charge in [-0.05, 0) is 25.3 Å². The number of carbonyl (C=O) groups excluding carboxylic acids is 1. The van der Waals surface area contributed by atoms with Crippen LogP contribution in [0.4, 0.5) is 0 Å². The van der Waals surface area contributed by atoms with Gasteiger partial charge in [0.2, 0.25) is 0 Å². The second kappa shape index (κ2) is 4.04. The van der Waals surface area contributed by atoms with Gasteiger partial charge >= 0.3 is 0 Å². The zero-order valence-corrected chi connectivity index (χ0v) is 7.59. The van der Waals surface area contributed by atoms with E-state index in [0.717, 1.165) is 19.4 Å². The van der Waals surface area contributed by atoms with Gasteiger partial charge in [0.25, 0.3) is 0 Å². The Morgan fingerprint density at radius 1 is 1.33 bits per heavy atom. The monoisotopic (exact) mass is 167 g/mol. The topological polar surface area (TPSA) is 20.3 Å². The summed E-state index contributed by atoms with van der Waals surface area (Å²) in [5, 5.41) is 0. The van der Waals surface area contributed by atoms with E-state index in [1.165, 1.54) is 25.9 Å². The first-order valence-electron chi connectivity index (χ1n) is 4.58. The molecule has 2 atom stereocenters. The minimum atomic E-state index is 0. The van der Waals surface area contributed by atoms with Gasteiger partial charge < -0.3 is 4.90 Å². The number of fused-ring (bicyclic) bond motifs is 2. The summed E-state index contributed by atoms with van der Waals surface area (Å²) < 4.78 is 0. The lowest BCUT2D eigenvalue weighted by molar-refractivity contribution is -0.119. The van der Waals surface area contributed by atoms with Crippen LogP contribution in [0.1, 0.15) is 25.7 Å². The van der Waals surface area contributed by atoms with Crippen molar-refractivity contribution in [3.8, 4) is 0 Å². The van der Waals surface area contributed by atoms with Crippen LogP contribution in [0.25, 0.3) is 0 Å². The van der Waals surface area contributed by atoms with Crippen molar-refractivity contribution in [3.05, 3.63) is 7.43 Å². The van der Waals surface area contributed by atoms with Crippen molar-refractivity contribution in [2.45, 2.75) is 25.7 Å². The molecule has 68 valence electrons. The van der Waals surface area contributed by atoms with Crippen molar-refractivity contribution in [2.24, 2.45) is 5.92 Å². The summed E-state index contributed by atoms with van der Waals surface area (Å²) in [7, 11) is 0. The number of carbonyl (C=O) groups is 1. The molecule has 2 aliphatic rings. The molecule has 12 heavy (non-hydrogen) atoms. The van der Waals surface area contributed by atoms with E-state index >= 15 is 0 Å². The van der Waals surface area contributed by atoms with Gasteiger partial charge in [0.05, 0.1) is 0 Å². The zero-order valence-electron chi connectivity index (χ0n) is 7.59. The molecule has 0 N–H and O–H groups in total. The van der Waals surface area contributed by atoms with Gasteiger partial charge in [-0.25, -0.2) is 0 Å². The molecule has 2 rings (SSSR count). The van der Waals surface area contributed by atoms with Gasteiger partial charge in [-0.3, -0.25) is 4.79 Å². The SMILES string of the molecule is O=C1CCN2CCCC(C1)C2.[CH2]. The summed E-state index contributed by atoms with van der Waals surface area (Å²) >= 11 is 0. The van der Waals surface area contributed by atoms with E-state index in [9.17, 15) is 4.79 Å². The van der Waals surface area contributed by atoms with Gasteiger partial charge in [0.15, 0.2) is 0 Å². The predicted molar refractivity (Wildman–Crippen MR) is 48.8 cm³/mol. The summed E-state index contributed by atoms with van der Waals surface area (Å²) in [6, 6.07) is 0. The molecule has 2 bridgehead atoms. The molecule has 0 saturated carbocycles. The van der Waals surface area contributed by atoms with Crippen LogP contribution in [0.15, 0.2) is 0 Å². The first kappa shape index (κ1) is 9.72. The first-order chi connectivity index (χ1) is 5.34. The average Bonchev–Trinajstić information content (AvgIpc) is 2.12. The van der Waals surface area contributed by atoms with Crippen molar-refractivity contribution < 1.29 is 4.79 Å². The third-order valence-electron chi connectivity index (χ3n) is 2.83. The third-order valence-corrected chi connectivity index (χ3v) is 2.83. The number of rotatable bonds is 0. The highest BCUT2D eigenvalue weighted by atomic mass is 16.1. The number of piperidine rings is 1. The molecule has 2 unspecified atom stereocenters. The Kier molecular flexibility index (Phi) is 3.27. The van der Waals surface area contributed by atoms with Crippen molar-refractivity contribution in [3.63, 3.8) is 0 Å². The third kappa shape index (κ3) is 2.07. The van der Waals surface area contributed by atoms with Crippen LogP contribution < -0.4 is 0 Å². The lowest BCUT2D eigenvalue weighted by Crippen LogP contribution is -2.33. The fourth-order valence-electron chi connectivity index (χ4n) is 2.23. The van der Waals surface area contributed by atoms with E-state index in [4.69, 9.17) is 0 Å². The Morgan fingerprint density at radius 3 is 3.00 bits per heavy atom. The molecule has 2 radical (unpaired) electrons. The number of Topliss-reactive ketones (excluding diaryl/α,β-unsaturated/α-hetero) is 1. The Morgan fingerprint density at radius 2 is 2.17 bits per heavy atom. The summed E-state index contributed by atoms with van der Waals surface area (Å²) in [5.74, 6) is 1.18. The molecule has 0 amide bonds. The highest BCUT2D eigenvalue weighted by Crippen LogP contribution is 2.23.